The summed E-state index contributed by atoms with van der Waals surface area (Å²) in [5, 5.41) is 12.1. The van der Waals surface area contributed by atoms with E-state index in [1.807, 2.05) is 12.1 Å². The van der Waals surface area contributed by atoms with Gasteiger partial charge in [-0.25, -0.2) is 0 Å². The molecule has 0 fully saturated rings. The summed E-state index contributed by atoms with van der Waals surface area (Å²) in [6, 6.07) is 7.27. The van der Waals surface area contributed by atoms with Crippen molar-refractivity contribution >= 4 is 5.97 Å². The quantitative estimate of drug-likeness (QED) is 0.858. The summed E-state index contributed by atoms with van der Waals surface area (Å²) in [5.74, 6) is 0.340. The molecular weight excluding hydrogens is 222 g/mol. The first-order chi connectivity index (χ1) is 8.24. The molecule has 17 heavy (non-hydrogen) atoms. The molecule has 1 N–H and O–H groups in total. The minimum Gasteiger partial charge on any atom is -0.481 e. The summed E-state index contributed by atoms with van der Waals surface area (Å²) in [6.07, 6.45) is 3.45. The molecular formula is C12H11NO4. The van der Waals surface area contributed by atoms with E-state index in [2.05, 4.69) is 9.68 Å². The van der Waals surface area contributed by atoms with Gasteiger partial charge in [0.1, 0.15) is 11.9 Å². The van der Waals surface area contributed by atoms with E-state index >= 15 is 0 Å². The van der Waals surface area contributed by atoms with E-state index in [0.29, 0.717) is 17.9 Å². The van der Waals surface area contributed by atoms with Crippen molar-refractivity contribution in [3.05, 3.63) is 42.3 Å². The van der Waals surface area contributed by atoms with Crippen LogP contribution >= 0.6 is 0 Å². The van der Waals surface area contributed by atoms with Crippen molar-refractivity contribution in [1.82, 2.24) is 5.16 Å². The average molecular weight is 233 g/mol. The zero-order valence-electron chi connectivity index (χ0n) is 9.00. The lowest BCUT2D eigenvalue weighted by molar-refractivity contribution is -0.136. The molecule has 0 aliphatic rings. The van der Waals surface area contributed by atoms with Crippen molar-refractivity contribution in [1.29, 1.82) is 0 Å². The second kappa shape index (κ2) is 5.16. The van der Waals surface area contributed by atoms with Gasteiger partial charge in [0, 0.05) is 6.42 Å². The number of aliphatic carboxylic acids is 1. The standard InChI is InChI=1S/C12H11NO4/c14-12(15)5-4-9-2-1-3-10(6-9)17-11-7-13-16-8-11/h1-3,6-8H,4-5H2,(H,14,15). The summed E-state index contributed by atoms with van der Waals surface area (Å²) in [5.41, 5.74) is 0.918. The van der Waals surface area contributed by atoms with E-state index in [4.69, 9.17) is 9.84 Å². The number of carboxylic acids is 1. The van der Waals surface area contributed by atoms with Crippen LogP contribution in [0.4, 0.5) is 0 Å². The Bertz CT molecular complexity index is 493. The second-order valence-electron chi connectivity index (χ2n) is 3.50. The first-order valence-corrected chi connectivity index (χ1v) is 5.12. The lowest BCUT2D eigenvalue weighted by Crippen LogP contribution is -1.97. The van der Waals surface area contributed by atoms with Gasteiger partial charge in [-0.15, -0.1) is 0 Å². The van der Waals surface area contributed by atoms with Crippen molar-refractivity contribution in [2.75, 3.05) is 0 Å². The Morgan fingerprint density at radius 1 is 1.41 bits per heavy atom. The summed E-state index contributed by atoms with van der Waals surface area (Å²) >= 11 is 0. The van der Waals surface area contributed by atoms with Gasteiger partial charge in [-0.05, 0) is 24.1 Å². The molecule has 0 aliphatic carbocycles. The fraction of sp³-hybridized carbons (Fsp3) is 0.167. The number of hydrogen-bond donors (Lipinski definition) is 1. The maximum atomic E-state index is 10.5. The van der Waals surface area contributed by atoms with Crippen molar-refractivity contribution in [3.8, 4) is 11.5 Å². The molecule has 1 aromatic carbocycles. The van der Waals surface area contributed by atoms with Crippen molar-refractivity contribution in [2.45, 2.75) is 12.8 Å². The zero-order valence-corrected chi connectivity index (χ0v) is 9.00. The number of aryl methyl sites for hydroxylation is 1. The predicted molar refractivity (Wildman–Crippen MR) is 59.0 cm³/mol. The lowest BCUT2D eigenvalue weighted by Gasteiger charge is -2.04. The maximum absolute atomic E-state index is 10.5. The number of ether oxygens (including phenoxy) is 1. The van der Waals surface area contributed by atoms with Crippen LogP contribution in [0.15, 0.2) is 41.2 Å². The zero-order chi connectivity index (χ0) is 12.1. The number of rotatable bonds is 5. The number of benzene rings is 1. The molecule has 5 heteroatoms. The third-order valence-corrected chi connectivity index (χ3v) is 2.17. The Labute approximate surface area is 97.6 Å². The summed E-state index contributed by atoms with van der Waals surface area (Å²) in [6.45, 7) is 0. The molecule has 2 rings (SSSR count). The van der Waals surface area contributed by atoms with Crippen LogP contribution in [0.25, 0.3) is 0 Å². The van der Waals surface area contributed by atoms with Crippen LogP contribution in [0.2, 0.25) is 0 Å². The fourth-order valence-corrected chi connectivity index (χ4v) is 1.40. The first-order valence-electron chi connectivity index (χ1n) is 5.12. The van der Waals surface area contributed by atoms with Gasteiger partial charge >= 0.3 is 5.97 Å². The highest BCUT2D eigenvalue weighted by Gasteiger charge is 2.03. The van der Waals surface area contributed by atoms with E-state index in [1.54, 1.807) is 12.1 Å². The molecule has 5 nitrogen and oxygen atoms in total. The van der Waals surface area contributed by atoms with Gasteiger partial charge in [0.2, 0.25) is 0 Å². The monoisotopic (exact) mass is 233 g/mol. The molecule has 0 aliphatic heterocycles. The van der Waals surface area contributed by atoms with Crippen LogP contribution in [-0.2, 0) is 11.2 Å². The van der Waals surface area contributed by atoms with Gasteiger partial charge in [0.15, 0.2) is 12.0 Å². The van der Waals surface area contributed by atoms with Gasteiger partial charge in [-0.2, -0.15) is 0 Å². The Balaban J connectivity index is 2.03. The largest absolute Gasteiger partial charge is 0.481 e. The Morgan fingerprint density at radius 3 is 3.00 bits per heavy atom. The van der Waals surface area contributed by atoms with E-state index in [1.165, 1.54) is 12.5 Å². The molecule has 1 aromatic heterocycles. The molecule has 0 bridgehead atoms. The Hall–Kier alpha value is -2.30. The third kappa shape index (κ3) is 3.34. The summed E-state index contributed by atoms with van der Waals surface area (Å²) in [7, 11) is 0. The lowest BCUT2D eigenvalue weighted by atomic mass is 10.1. The first kappa shape index (κ1) is 11.2. The van der Waals surface area contributed by atoms with Crippen LogP contribution in [0.1, 0.15) is 12.0 Å². The highest BCUT2D eigenvalue weighted by Crippen LogP contribution is 2.21. The number of hydrogen-bond acceptors (Lipinski definition) is 4. The van der Waals surface area contributed by atoms with Gasteiger partial charge in [-0.3, -0.25) is 4.79 Å². The molecule has 0 saturated carbocycles. The highest BCUT2D eigenvalue weighted by atomic mass is 16.5. The van der Waals surface area contributed by atoms with Gasteiger partial charge in [-0.1, -0.05) is 17.3 Å². The van der Waals surface area contributed by atoms with Crippen LogP contribution in [0.3, 0.4) is 0 Å². The minimum absolute atomic E-state index is 0.108. The van der Waals surface area contributed by atoms with Crippen LogP contribution in [0, 0.1) is 0 Å². The van der Waals surface area contributed by atoms with Crippen LogP contribution in [-0.4, -0.2) is 16.2 Å². The summed E-state index contributed by atoms with van der Waals surface area (Å²) < 4.78 is 10.1. The minimum atomic E-state index is -0.810. The molecule has 2 aromatic rings. The molecule has 0 atom stereocenters. The number of nitrogens with zero attached hydrogens (tertiary/aromatic N) is 1. The van der Waals surface area contributed by atoms with Gasteiger partial charge in [0.05, 0.1) is 0 Å². The molecule has 0 amide bonds. The van der Waals surface area contributed by atoms with Crippen LogP contribution in [0.5, 0.6) is 11.5 Å². The fourth-order valence-electron chi connectivity index (χ4n) is 1.40. The number of carbonyl (C=O) groups is 1. The number of aromatic nitrogens is 1. The molecule has 0 unspecified atom stereocenters. The molecule has 0 radical (unpaired) electrons. The smallest absolute Gasteiger partial charge is 0.303 e. The maximum Gasteiger partial charge on any atom is 0.303 e. The molecule has 0 saturated heterocycles. The topological polar surface area (TPSA) is 72.6 Å². The SMILES string of the molecule is O=C(O)CCc1cccc(Oc2cnoc2)c1. The van der Waals surface area contributed by atoms with Gasteiger partial charge in [0.25, 0.3) is 0 Å². The van der Waals surface area contributed by atoms with E-state index in [9.17, 15) is 4.79 Å². The van der Waals surface area contributed by atoms with E-state index < -0.39 is 5.97 Å². The van der Waals surface area contributed by atoms with Crippen molar-refractivity contribution < 1.29 is 19.2 Å². The average Bonchev–Trinajstić information content (AvgIpc) is 2.80. The van der Waals surface area contributed by atoms with Crippen LogP contribution < -0.4 is 4.74 Å². The van der Waals surface area contributed by atoms with E-state index in [0.717, 1.165) is 5.56 Å². The number of carboxylic acid groups (broad SMARTS) is 1. The van der Waals surface area contributed by atoms with Gasteiger partial charge < -0.3 is 14.4 Å². The second-order valence-corrected chi connectivity index (χ2v) is 3.50. The normalized spacial score (nSPS) is 10.1. The van der Waals surface area contributed by atoms with E-state index in [-0.39, 0.29) is 6.42 Å². The molecule has 0 spiro atoms. The Morgan fingerprint density at radius 2 is 2.29 bits per heavy atom. The summed E-state index contributed by atoms with van der Waals surface area (Å²) in [4.78, 5) is 10.5. The Kier molecular flexibility index (Phi) is 3.40. The predicted octanol–water partition coefficient (Wildman–Crippen LogP) is 2.48. The highest BCUT2D eigenvalue weighted by molar-refractivity contribution is 5.67. The third-order valence-electron chi connectivity index (χ3n) is 2.17. The molecule has 88 valence electrons. The molecule has 1 heterocycles. The van der Waals surface area contributed by atoms with Crippen molar-refractivity contribution in [2.24, 2.45) is 0 Å². The van der Waals surface area contributed by atoms with Crippen molar-refractivity contribution in [3.63, 3.8) is 0 Å².